The van der Waals surface area contributed by atoms with Crippen molar-refractivity contribution in [2.75, 3.05) is 0 Å². The van der Waals surface area contributed by atoms with Gasteiger partial charge in [-0.2, -0.15) is 0 Å². The molecule has 0 fully saturated rings. The SMILES string of the molecule is c1ccc(-c2nc(-c3ccccc3)nc(-c3ccc(-n4c5ccccc5c5ccc(-c6cccc7c6Cc6c(-c8ccccc8)cccc6-7)cc54)cc3)n2)cc1. The highest BCUT2D eigenvalue weighted by molar-refractivity contribution is 6.10. The number of rotatable bonds is 6. The van der Waals surface area contributed by atoms with E-state index in [9.17, 15) is 0 Å². The molecule has 1 aliphatic carbocycles. The van der Waals surface area contributed by atoms with Crippen LogP contribution in [0.4, 0.5) is 0 Å². The smallest absolute Gasteiger partial charge is 0.164 e. The Morgan fingerprint density at radius 2 is 0.768 bits per heavy atom. The van der Waals surface area contributed by atoms with Crippen molar-refractivity contribution >= 4 is 21.8 Å². The van der Waals surface area contributed by atoms with E-state index in [1.807, 2.05) is 60.7 Å². The van der Waals surface area contributed by atoms with E-state index in [2.05, 4.69) is 138 Å². The van der Waals surface area contributed by atoms with Crippen LogP contribution in [0.2, 0.25) is 0 Å². The van der Waals surface area contributed by atoms with Crippen LogP contribution in [0.3, 0.4) is 0 Å². The summed E-state index contributed by atoms with van der Waals surface area (Å²) in [5.74, 6) is 1.95. The van der Waals surface area contributed by atoms with Gasteiger partial charge in [-0.3, -0.25) is 0 Å². The molecule has 0 unspecified atom stereocenters. The maximum Gasteiger partial charge on any atom is 0.164 e. The molecule has 2 heterocycles. The minimum Gasteiger partial charge on any atom is -0.309 e. The molecule has 0 N–H and O–H groups in total. The van der Waals surface area contributed by atoms with Crippen LogP contribution in [0, 0.1) is 0 Å². The summed E-state index contributed by atoms with van der Waals surface area (Å²) < 4.78 is 2.39. The van der Waals surface area contributed by atoms with Crippen LogP contribution in [-0.4, -0.2) is 19.5 Å². The Morgan fingerprint density at radius 3 is 1.36 bits per heavy atom. The second-order valence-electron chi connectivity index (χ2n) is 14.4. The van der Waals surface area contributed by atoms with Gasteiger partial charge in [-0.1, -0.05) is 158 Å². The van der Waals surface area contributed by atoms with Crippen LogP contribution >= 0.6 is 0 Å². The number of aromatic nitrogens is 4. The second-order valence-corrected chi connectivity index (χ2v) is 14.4. The van der Waals surface area contributed by atoms with Crippen molar-refractivity contribution in [1.29, 1.82) is 0 Å². The molecule has 2 aromatic heterocycles. The van der Waals surface area contributed by atoms with Crippen molar-refractivity contribution < 1.29 is 0 Å². The quantitative estimate of drug-likeness (QED) is 0.172. The molecule has 8 aromatic carbocycles. The second kappa shape index (κ2) is 13.2. The van der Waals surface area contributed by atoms with Crippen molar-refractivity contribution in [3.05, 3.63) is 205 Å². The summed E-state index contributed by atoms with van der Waals surface area (Å²) in [7, 11) is 0. The normalized spacial score (nSPS) is 11.9. The van der Waals surface area contributed by atoms with Crippen LogP contribution in [0.1, 0.15) is 11.1 Å². The minimum absolute atomic E-state index is 0.642. The van der Waals surface area contributed by atoms with Gasteiger partial charge in [0.05, 0.1) is 11.0 Å². The lowest BCUT2D eigenvalue weighted by atomic mass is 9.95. The third-order valence-electron chi connectivity index (χ3n) is 11.1. The van der Waals surface area contributed by atoms with Gasteiger partial charge in [0, 0.05) is 33.2 Å². The maximum atomic E-state index is 4.97. The van der Waals surface area contributed by atoms with Crippen molar-refractivity contribution in [1.82, 2.24) is 19.5 Å². The van der Waals surface area contributed by atoms with E-state index < -0.39 is 0 Å². The molecule has 1 aliphatic rings. The molecule has 0 amide bonds. The fourth-order valence-electron chi connectivity index (χ4n) is 8.51. The van der Waals surface area contributed by atoms with Gasteiger partial charge in [-0.25, -0.2) is 15.0 Å². The first-order valence-corrected chi connectivity index (χ1v) is 19.1. The summed E-state index contributed by atoms with van der Waals surface area (Å²) in [5, 5.41) is 2.46. The molecule has 56 heavy (non-hydrogen) atoms. The summed E-state index contributed by atoms with van der Waals surface area (Å²) in [5.41, 5.74) is 16.8. The van der Waals surface area contributed by atoms with Crippen LogP contribution < -0.4 is 0 Å². The van der Waals surface area contributed by atoms with E-state index in [1.54, 1.807) is 0 Å². The lowest BCUT2D eigenvalue weighted by Crippen LogP contribution is -2.00. The molecule has 0 saturated heterocycles. The standard InChI is InChI=1S/C52H34N4/c1-4-14-34(15-5-1)40-21-12-23-42-43-24-13-22-41(47(43)33-46(40)42)38-28-31-45-44-20-10-11-25-48(44)56(49(45)32-38)39-29-26-37(27-30-39)52-54-50(35-16-6-2-7-17-35)53-51(55-52)36-18-8-3-9-19-36/h1-32H,33H2. The van der Waals surface area contributed by atoms with Crippen LogP contribution in [-0.2, 0) is 6.42 Å². The fourth-order valence-corrected chi connectivity index (χ4v) is 8.51. The van der Waals surface area contributed by atoms with Gasteiger partial charge in [0.1, 0.15) is 0 Å². The van der Waals surface area contributed by atoms with Gasteiger partial charge >= 0.3 is 0 Å². The van der Waals surface area contributed by atoms with Gasteiger partial charge in [0.2, 0.25) is 0 Å². The van der Waals surface area contributed by atoms with Crippen molar-refractivity contribution in [3.8, 4) is 73.2 Å². The predicted octanol–water partition coefficient (Wildman–Crippen LogP) is 12.9. The molecule has 10 aromatic rings. The Bertz CT molecular complexity index is 3020. The number of nitrogens with zero attached hydrogens (tertiary/aromatic N) is 4. The minimum atomic E-state index is 0.642. The highest BCUT2D eigenvalue weighted by atomic mass is 15.0. The molecule has 11 rings (SSSR count). The molecule has 4 nitrogen and oxygen atoms in total. The van der Waals surface area contributed by atoms with Crippen molar-refractivity contribution in [2.24, 2.45) is 0 Å². The summed E-state index contributed by atoms with van der Waals surface area (Å²) in [6, 6.07) is 68.8. The zero-order chi connectivity index (χ0) is 37.0. The first kappa shape index (κ1) is 32.0. The molecular weight excluding hydrogens is 681 g/mol. The molecule has 0 saturated carbocycles. The average molecular weight is 715 g/mol. The highest BCUT2D eigenvalue weighted by Crippen LogP contribution is 2.46. The number of fused-ring (bicyclic) bond motifs is 6. The number of benzene rings is 8. The van der Waals surface area contributed by atoms with E-state index in [4.69, 9.17) is 15.0 Å². The monoisotopic (exact) mass is 714 g/mol. The van der Waals surface area contributed by atoms with E-state index in [1.165, 1.54) is 66.3 Å². The summed E-state index contributed by atoms with van der Waals surface area (Å²) in [4.78, 5) is 14.8. The van der Waals surface area contributed by atoms with E-state index >= 15 is 0 Å². The fraction of sp³-hybridized carbons (Fsp3) is 0.0192. The van der Waals surface area contributed by atoms with E-state index in [0.29, 0.717) is 17.5 Å². The summed E-state index contributed by atoms with van der Waals surface area (Å²) >= 11 is 0. The molecule has 4 heteroatoms. The first-order chi connectivity index (χ1) is 27.8. The first-order valence-electron chi connectivity index (χ1n) is 19.1. The Balaban J connectivity index is 1.02. The molecule has 0 bridgehead atoms. The lowest BCUT2D eigenvalue weighted by Gasteiger charge is -2.12. The zero-order valence-electron chi connectivity index (χ0n) is 30.5. The zero-order valence-corrected chi connectivity index (χ0v) is 30.5. The number of hydrogen-bond acceptors (Lipinski definition) is 3. The van der Waals surface area contributed by atoms with Gasteiger partial charge in [-0.15, -0.1) is 0 Å². The third-order valence-corrected chi connectivity index (χ3v) is 11.1. The number of para-hydroxylation sites is 1. The topological polar surface area (TPSA) is 43.6 Å². The third kappa shape index (κ3) is 5.34. The maximum absolute atomic E-state index is 4.97. The van der Waals surface area contributed by atoms with Gasteiger partial charge in [-0.05, 0) is 87.3 Å². The molecule has 0 radical (unpaired) electrons. The van der Waals surface area contributed by atoms with Crippen LogP contribution in [0.25, 0.3) is 95.0 Å². The average Bonchev–Trinajstić information content (AvgIpc) is 3.83. The summed E-state index contributed by atoms with van der Waals surface area (Å²) in [6.45, 7) is 0. The van der Waals surface area contributed by atoms with Crippen molar-refractivity contribution in [3.63, 3.8) is 0 Å². The van der Waals surface area contributed by atoms with Gasteiger partial charge in [0.25, 0.3) is 0 Å². The predicted molar refractivity (Wildman–Crippen MR) is 230 cm³/mol. The number of hydrogen-bond donors (Lipinski definition) is 0. The van der Waals surface area contributed by atoms with E-state index in [0.717, 1.165) is 28.8 Å². The Hall–Kier alpha value is -7.43. The molecule has 262 valence electrons. The Morgan fingerprint density at radius 1 is 0.321 bits per heavy atom. The lowest BCUT2D eigenvalue weighted by molar-refractivity contribution is 1.07. The Labute approximate surface area is 325 Å². The van der Waals surface area contributed by atoms with Gasteiger partial charge in [0.15, 0.2) is 17.5 Å². The Kier molecular flexibility index (Phi) is 7.52. The molecule has 0 atom stereocenters. The van der Waals surface area contributed by atoms with E-state index in [-0.39, 0.29) is 0 Å². The highest BCUT2D eigenvalue weighted by Gasteiger charge is 2.25. The summed E-state index contributed by atoms with van der Waals surface area (Å²) in [6.07, 6.45) is 0.906. The molecule has 0 spiro atoms. The molecule has 0 aliphatic heterocycles. The molecular formula is C52H34N4. The van der Waals surface area contributed by atoms with Crippen LogP contribution in [0.15, 0.2) is 194 Å². The van der Waals surface area contributed by atoms with Gasteiger partial charge < -0.3 is 4.57 Å². The van der Waals surface area contributed by atoms with Crippen molar-refractivity contribution in [2.45, 2.75) is 6.42 Å². The largest absolute Gasteiger partial charge is 0.309 e. The van der Waals surface area contributed by atoms with Crippen LogP contribution in [0.5, 0.6) is 0 Å².